The molecule has 0 unspecified atom stereocenters. The Balaban J connectivity index is 1.53. The van der Waals surface area contributed by atoms with Crippen molar-refractivity contribution in [3.63, 3.8) is 0 Å². The molecule has 0 aliphatic rings. The van der Waals surface area contributed by atoms with E-state index >= 15 is 0 Å². The molecule has 0 aliphatic carbocycles. The number of carbonyl (C=O) groups is 1. The van der Waals surface area contributed by atoms with E-state index < -0.39 is 0 Å². The second-order valence-electron chi connectivity index (χ2n) is 6.61. The van der Waals surface area contributed by atoms with E-state index in [9.17, 15) is 4.79 Å². The van der Waals surface area contributed by atoms with Gasteiger partial charge in [0, 0.05) is 18.0 Å². The molecule has 2 aromatic carbocycles. The molecule has 0 fully saturated rings. The number of nitrogens with zero attached hydrogens (tertiary/aromatic N) is 1. The fourth-order valence-electron chi connectivity index (χ4n) is 2.86. The second kappa shape index (κ2) is 8.99. The van der Waals surface area contributed by atoms with Gasteiger partial charge in [-0.25, -0.2) is 0 Å². The molecule has 1 amide bonds. The molecule has 0 aliphatic heterocycles. The van der Waals surface area contributed by atoms with Gasteiger partial charge in [-0.1, -0.05) is 42.5 Å². The molecular formula is C23H24N2O2. The molecule has 4 nitrogen and oxygen atoms in total. The molecule has 27 heavy (non-hydrogen) atoms. The Hall–Kier alpha value is -3.14. The van der Waals surface area contributed by atoms with Crippen molar-refractivity contribution in [1.82, 2.24) is 10.3 Å². The van der Waals surface area contributed by atoms with Crippen LogP contribution >= 0.6 is 0 Å². The van der Waals surface area contributed by atoms with Gasteiger partial charge >= 0.3 is 0 Å². The first kappa shape index (κ1) is 18.6. The van der Waals surface area contributed by atoms with E-state index in [1.54, 1.807) is 12.4 Å². The highest BCUT2D eigenvalue weighted by atomic mass is 16.5. The number of rotatable bonds is 7. The standard InChI is InChI=1S/C23H24N2O2/c1-17-6-3-4-8-21(17)14-23(26)25-18(2)20-9-11-22(12-10-20)27-16-19-7-5-13-24-15-19/h3-13,15,18H,14,16H2,1-2H3,(H,25,26)/t18-/m1/s1. The predicted octanol–water partition coefficient (Wildman–Crippen LogP) is 4.39. The molecule has 3 aromatic rings. The summed E-state index contributed by atoms with van der Waals surface area (Å²) in [6, 6.07) is 19.6. The molecule has 1 atom stereocenters. The van der Waals surface area contributed by atoms with E-state index in [0.717, 1.165) is 28.0 Å². The number of amides is 1. The summed E-state index contributed by atoms with van der Waals surface area (Å²) >= 11 is 0. The van der Waals surface area contributed by atoms with Crippen molar-refractivity contribution in [2.45, 2.75) is 32.9 Å². The van der Waals surface area contributed by atoms with Crippen LogP contribution in [-0.2, 0) is 17.8 Å². The molecule has 1 N–H and O–H groups in total. The van der Waals surface area contributed by atoms with Gasteiger partial charge < -0.3 is 10.1 Å². The molecule has 0 spiro atoms. The number of aryl methyl sites for hydroxylation is 1. The molecule has 0 saturated carbocycles. The summed E-state index contributed by atoms with van der Waals surface area (Å²) in [6.45, 7) is 4.49. The molecule has 138 valence electrons. The summed E-state index contributed by atoms with van der Waals surface area (Å²) in [5.41, 5.74) is 4.26. The van der Waals surface area contributed by atoms with Crippen LogP contribution in [0, 0.1) is 6.92 Å². The van der Waals surface area contributed by atoms with E-state index in [0.29, 0.717) is 13.0 Å². The molecule has 4 heteroatoms. The monoisotopic (exact) mass is 360 g/mol. The van der Waals surface area contributed by atoms with Gasteiger partial charge in [-0.2, -0.15) is 0 Å². The highest BCUT2D eigenvalue weighted by Crippen LogP contribution is 2.19. The molecule has 1 aromatic heterocycles. The van der Waals surface area contributed by atoms with Crippen LogP contribution < -0.4 is 10.1 Å². The number of hydrogen-bond acceptors (Lipinski definition) is 3. The Labute approximate surface area is 160 Å². The van der Waals surface area contributed by atoms with Crippen molar-refractivity contribution in [1.29, 1.82) is 0 Å². The molecule has 0 saturated heterocycles. The third-order valence-electron chi connectivity index (χ3n) is 4.50. The van der Waals surface area contributed by atoms with Gasteiger partial charge in [0.25, 0.3) is 0 Å². The molecule has 0 bridgehead atoms. The lowest BCUT2D eigenvalue weighted by Gasteiger charge is -2.15. The fraction of sp³-hybridized carbons (Fsp3) is 0.217. The first-order valence-electron chi connectivity index (χ1n) is 9.07. The maximum absolute atomic E-state index is 12.3. The highest BCUT2D eigenvalue weighted by Gasteiger charge is 2.11. The normalized spacial score (nSPS) is 11.6. The Bertz CT molecular complexity index is 876. The number of aromatic nitrogens is 1. The SMILES string of the molecule is Cc1ccccc1CC(=O)N[C@H](C)c1ccc(OCc2cccnc2)cc1. The molecule has 0 radical (unpaired) electrons. The molecule has 1 heterocycles. The van der Waals surface area contributed by atoms with Gasteiger partial charge in [0.05, 0.1) is 12.5 Å². The molecule has 3 rings (SSSR count). The molecular weight excluding hydrogens is 336 g/mol. The van der Waals surface area contributed by atoms with Crippen LogP contribution in [0.3, 0.4) is 0 Å². The van der Waals surface area contributed by atoms with Crippen LogP contribution in [0.2, 0.25) is 0 Å². The van der Waals surface area contributed by atoms with Crippen LogP contribution in [0.1, 0.15) is 35.2 Å². The quantitative estimate of drug-likeness (QED) is 0.680. The van der Waals surface area contributed by atoms with Crippen molar-refractivity contribution in [3.8, 4) is 5.75 Å². The van der Waals surface area contributed by atoms with Gasteiger partial charge in [0.1, 0.15) is 12.4 Å². The number of nitrogens with one attached hydrogen (secondary N) is 1. The third kappa shape index (κ3) is 5.42. The van der Waals surface area contributed by atoms with Crippen molar-refractivity contribution in [2.75, 3.05) is 0 Å². The van der Waals surface area contributed by atoms with Crippen molar-refractivity contribution >= 4 is 5.91 Å². The summed E-state index contributed by atoms with van der Waals surface area (Å²) < 4.78 is 5.77. The number of carbonyl (C=O) groups excluding carboxylic acids is 1. The van der Waals surface area contributed by atoms with Crippen LogP contribution in [0.25, 0.3) is 0 Å². The first-order chi connectivity index (χ1) is 13.1. The summed E-state index contributed by atoms with van der Waals surface area (Å²) in [6.07, 6.45) is 3.93. The van der Waals surface area contributed by atoms with Crippen LogP contribution in [0.5, 0.6) is 5.75 Å². The van der Waals surface area contributed by atoms with E-state index in [4.69, 9.17) is 4.74 Å². The Morgan fingerprint density at radius 2 is 1.85 bits per heavy atom. The Kier molecular flexibility index (Phi) is 6.21. The second-order valence-corrected chi connectivity index (χ2v) is 6.61. The van der Waals surface area contributed by atoms with Crippen LogP contribution in [-0.4, -0.2) is 10.9 Å². The maximum atomic E-state index is 12.3. The lowest BCUT2D eigenvalue weighted by Crippen LogP contribution is -2.28. The zero-order valence-corrected chi connectivity index (χ0v) is 15.7. The van der Waals surface area contributed by atoms with Gasteiger partial charge in [-0.05, 0) is 48.7 Å². The third-order valence-corrected chi connectivity index (χ3v) is 4.50. The smallest absolute Gasteiger partial charge is 0.224 e. The highest BCUT2D eigenvalue weighted by molar-refractivity contribution is 5.79. The summed E-state index contributed by atoms with van der Waals surface area (Å²) in [7, 11) is 0. The van der Waals surface area contributed by atoms with Crippen molar-refractivity contribution in [3.05, 3.63) is 95.3 Å². The van der Waals surface area contributed by atoms with Crippen LogP contribution in [0.15, 0.2) is 73.1 Å². The van der Waals surface area contributed by atoms with Gasteiger partial charge in [-0.3, -0.25) is 9.78 Å². The zero-order valence-electron chi connectivity index (χ0n) is 15.7. The predicted molar refractivity (Wildman–Crippen MR) is 106 cm³/mol. The Morgan fingerprint density at radius 1 is 1.07 bits per heavy atom. The minimum absolute atomic E-state index is 0.0219. The zero-order chi connectivity index (χ0) is 19.1. The van der Waals surface area contributed by atoms with E-state index in [-0.39, 0.29) is 11.9 Å². The number of ether oxygens (including phenoxy) is 1. The van der Waals surface area contributed by atoms with E-state index in [1.807, 2.05) is 74.5 Å². The van der Waals surface area contributed by atoms with E-state index in [1.165, 1.54) is 0 Å². The summed E-state index contributed by atoms with van der Waals surface area (Å²) in [5, 5.41) is 3.06. The van der Waals surface area contributed by atoms with Gasteiger partial charge in [0.2, 0.25) is 5.91 Å². The summed E-state index contributed by atoms with van der Waals surface area (Å²) in [4.78, 5) is 16.4. The summed E-state index contributed by atoms with van der Waals surface area (Å²) in [5.74, 6) is 0.815. The number of pyridine rings is 1. The van der Waals surface area contributed by atoms with Crippen molar-refractivity contribution in [2.24, 2.45) is 0 Å². The first-order valence-corrected chi connectivity index (χ1v) is 9.07. The average molecular weight is 360 g/mol. The topological polar surface area (TPSA) is 51.2 Å². The lowest BCUT2D eigenvalue weighted by atomic mass is 10.0. The number of benzene rings is 2. The van der Waals surface area contributed by atoms with Crippen molar-refractivity contribution < 1.29 is 9.53 Å². The maximum Gasteiger partial charge on any atom is 0.224 e. The largest absolute Gasteiger partial charge is 0.489 e. The number of hydrogen-bond donors (Lipinski definition) is 1. The fourth-order valence-corrected chi connectivity index (χ4v) is 2.86. The van der Waals surface area contributed by atoms with Crippen LogP contribution in [0.4, 0.5) is 0 Å². The average Bonchev–Trinajstić information content (AvgIpc) is 2.69. The van der Waals surface area contributed by atoms with Gasteiger partial charge in [-0.15, -0.1) is 0 Å². The lowest BCUT2D eigenvalue weighted by molar-refractivity contribution is -0.121. The Morgan fingerprint density at radius 3 is 2.56 bits per heavy atom. The minimum atomic E-state index is -0.0612. The minimum Gasteiger partial charge on any atom is -0.489 e. The van der Waals surface area contributed by atoms with E-state index in [2.05, 4.69) is 10.3 Å². The van der Waals surface area contributed by atoms with Gasteiger partial charge in [0.15, 0.2) is 0 Å².